The largest absolute Gasteiger partial charge is 0.507 e. The number of benzene rings is 4. The average molecular weight is 843 g/mol. The van der Waals surface area contributed by atoms with E-state index in [0.29, 0.717) is 44.2 Å². The van der Waals surface area contributed by atoms with Crippen molar-refractivity contribution in [2.45, 2.75) is 30.4 Å². The number of halogens is 5. The number of hydrogen-bond acceptors (Lipinski definition) is 9. The lowest BCUT2D eigenvalue weighted by Gasteiger charge is -2.50. The van der Waals surface area contributed by atoms with E-state index in [1.54, 1.807) is 54.6 Å². The first-order valence-corrected chi connectivity index (χ1v) is 19.0. The number of non-ortho nitro benzene ring substituents is 1. The van der Waals surface area contributed by atoms with E-state index in [1.165, 1.54) is 30.3 Å². The second kappa shape index (κ2) is 13.6. The molecular weight excluding hydrogens is 814 g/mol. The van der Waals surface area contributed by atoms with Crippen LogP contribution >= 0.6 is 23.2 Å². The molecule has 2 saturated heterocycles. The van der Waals surface area contributed by atoms with Crippen LogP contribution in [0.15, 0.2) is 109 Å². The van der Waals surface area contributed by atoms with E-state index in [-0.39, 0.29) is 35.5 Å². The Kier molecular flexibility index (Phi) is 8.83. The van der Waals surface area contributed by atoms with Crippen molar-refractivity contribution in [2.24, 2.45) is 23.7 Å². The number of rotatable bonds is 6. The number of phenolic OH excluding ortho intramolecular Hbond substituents is 1. The first kappa shape index (κ1) is 38.2. The molecule has 298 valence electrons. The third kappa shape index (κ3) is 5.69. The van der Waals surface area contributed by atoms with Crippen molar-refractivity contribution in [3.8, 4) is 5.75 Å². The van der Waals surface area contributed by atoms with Crippen LogP contribution in [-0.4, -0.2) is 43.7 Å². The van der Waals surface area contributed by atoms with E-state index in [4.69, 9.17) is 23.2 Å². The first-order chi connectivity index (χ1) is 28.1. The molecule has 1 saturated carbocycles. The second-order valence-electron chi connectivity index (χ2n) is 14.9. The topological polar surface area (TPSA) is 163 Å². The fourth-order valence-corrected chi connectivity index (χ4v) is 9.97. The van der Waals surface area contributed by atoms with Crippen LogP contribution in [0.3, 0.4) is 0 Å². The number of nitrogens with one attached hydrogen (secondary N) is 1. The van der Waals surface area contributed by atoms with Crippen LogP contribution in [0.4, 0.5) is 30.4 Å². The van der Waals surface area contributed by atoms with Gasteiger partial charge in [0.2, 0.25) is 11.8 Å². The number of pyridine rings is 1. The molecule has 2 aliphatic heterocycles. The molecule has 2 aliphatic carbocycles. The molecule has 0 spiro atoms. The van der Waals surface area contributed by atoms with Crippen molar-refractivity contribution in [1.29, 1.82) is 0 Å². The monoisotopic (exact) mass is 841 g/mol. The predicted octanol–water partition coefficient (Wildman–Crippen LogP) is 8.36. The van der Waals surface area contributed by atoms with E-state index in [1.807, 2.05) is 0 Å². The quantitative estimate of drug-likeness (QED) is 0.0740. The molecule has 6 atom stereocenters. The summed E-state index contributed by atoms with van der Waals surface area (Å²) < 4.78 is 40.6. The van der Waals surface area contributed by atoms with Gasteiger partial charge >= 0.3 is 6.18 Å². The molecule has 3 fully saturated rings. The zero-order valence-electron chi connectivity index (χ0n) is 30.2. The molecule has 5 aromatic rings. The maximum atomic E-state index is 15.5. The minimum absolute atomic E-state index is 0.00334. The Hall–Kier alpha value is -6.32. The summed E-state index contributed by atoms with van der Waals surface area (Å²) in [7, 11) is 0. The van der Waals surface area contributed by atoms with Crippen LogP contribution < -0.4 is 10.3 Å². The highest BCUT2D eigenvalue weighted by Crippen LogP contribution is 2.65. The molecule has 59 heavy (non-hydrogen) atoms. The number of nitrogens with zero attached hydrogens (tertiary/aromatic N) is 4. The molecule has 0 unspecified atom stereocenters. The van der Waals surface area contributed by atoms with Gasteiger partial charge in [0.05, 0.1) is 44.4 Å². The van der Waals surface area contributed by atoms with Crippen molar-refractivity contribution in [1.82, 2.24) is 9.99 Å². The molecule has 1 aromatic heterocycles. The van der Waals surface area contributed by atoms with Crippen LogP contribution in [0.25, 0.3) is 10.8 Å². The summed E-state index contributed by atoms with van der Waals surface area (Å²) in [5, 5.41) is 25.4. The molecule has 0 radical (unpaired) electrons. The summed E-state index contributed by atoms with van der Waals surface area (Å²) in [5.41, 5.74) is 0.257. The Balaban J connectivity index is 1.25. The van der Waals surface area contributed by atoms with Crippen molar-refractivity contribution < 1.29 is 42.4 Å². The second-order valence-corrected chi connectivity index (χ2v) is 15.8. The lowest BCUT2D eigenvalue weighted by atomic mass is 9.49. The number of carbonyl (C=O) groups excluding carboxylic acids is 4. The summed E-state index contributed by atoms with van der Waals surface area (Å²) in [5.74, 6) is -8.91. The minimum atomic E-state index is -4.79. The zero-order chi connectivity index (χ0) is 41.7. The lowest BCUT2D eigenvalue weighted by Crippen LogP contribution is -2.53. The molecule has 2 N–H and O–H groups in total. The number of fused-ring (bicyclic) bond motifs is 5. The number of allylic oxidation sites excluding steroid dienone is 2. The third-order valence-electron chi connectivity index (χ3n) is 12.1. The maximum absolute atomic E-state index is 15.5. The minimum Gasteiger partial charge on any atom is -0.507 e. The van der Waals surface area contributed by atoms with Gasteiger partial charge in [0.15, 0.2) is 5.82 Å². The van der Waals surface area contributed by atoms with Crippen LogP contribution in [0.1, 0.15) is 35.4 Å². The fourth-order valence-electron chi connectivity index (χ4n) is 9.63. The molecule has 4 amide bonds. The number of nitro benzene ring substituents is 1. The van der Waals surface area contributed by atoms with Gasteiger partial charge in [-0.2, -0.15) is 18.2 Å². The first-order valence-electron chi connectivity index (χ1n) is 18.3. The van der Waals surface area contributed by atoms with Crippen molar-refractivity contribution in [2.75, 3.05) is 10.3 Å². The van der Waals surface area contributed by atoms with Gasteiger partial charge < -0.3 is 5.11 Å². The number of phenols is 1. The summed E-state index contributed by atoms with van der Waals surface area (Å²) in [6.45, 7) is 0. The average Bonchev–Trinajstić information content (AvgIpc) is 3.59. The van der Waals surface area contributed by atoms with E-state index in [2.05, 4.69) is 10.4 Å². The maximum Gasteiger partial charge on any atom is 0.417 e. The predicted molar refractivity (Wildman–Crippen MR) is 208 cm³/mol. The van der Waals surface area contributed by atoms with E-state index in [0.717, 1.165) is 11.0 Å². The Morgan fingerprint density at radius 1 is 0.898 bits per heavy atom. The van der Waals surface area contributed by atoms with Gasteiger partial charge in [-0.05, 0) is 54.0 Å². The van der Waals surface area contributed by atoms with Crippen LogP contribution in [-0.2, 0) is 30.8 Å². The highest BCUT2D eigenvalue weighted by atomic mass is 35.5. The Morgan fingerprint density at radius 3 is 2.36 bits per heavy atom. The summed E-state index contributed by atoms with van der Waals surface area (Å²) in [6.07, 6.45) is -2.66. The van der Waals surface area contributed by atoms with Crippen LogP contribution in [0.5, 0.6) is 5.75 Å². The van der Waals surface area contributed by atoms with Gasteiger partial charge in [-0.1, -0.05) is 89.4 Å². The number of anilines is 2. The number of amides is 4. The molecule has 4 aromatic carbocycles. The molecule has 3 heterocycles. The summed E-state index contributed by atoms with van der Waals surface area (Å²) >= 11 is 12.6. The highest BCUT2D eigenvalue weighted by Gasteiger charge is 2.71. The molecule has 4 aliphatic rings. The number of alkyl halides is 3. The van der Waals surface area contributed by atoms with Crippen LogP contribution in [0, 0.1) is 33.8 Å². The number of aromatic hydroxyl groups is 1. The normalized spacial score (nSPS) is 25.2. The summed E-state index contributed by atoms with van der Waals surface area (Å²) in [4.78, 5) is 74.9. The number of hydrogen-bond donors (Lipinski definition) is 2. The van der Waals surface area contributed by atoms with Gasteiger partial charge in [-0.25, -0.2) is 9.88 Å². The Labute approximate surface area is 342 Å². The van der Waals surface area contributed by atoms with Gasteiger partial charge in [0, 0.05) is 40.2 Å². The van der Waals surface area contributed by atoms with E-state index in [9.17, 15) is 42.8 Å². The Morgan fingerprint density at radius 2 is 1.64 bits per heavy atom. The van der Waals surface area contributed by atoms with Crippen LogP contribution in [0.2, 0.25) is 10.0 Å². The molecule has 9 rings (SSSR count). The molecule has 12 nitrogen and oxygen atoms in total. The van der Waals surface area contributed by atoms with E-state index < -0.39 is 86.1 Å². The number of imide groups is 2. The zero-order valence-corrected chi connectivity index (χ0v) is 31.7. The van der Waals surface area contributed by atoms with Crippen molar-refractivity contribution >= 4 is 74.8 Å². The SMILES string of the molecule is O=C1[C@@H]2C[C@@H]3C(=CC[C@@H]4C(=O)N(c5cccc([N+](=O)[O-])c5)C(=O)[C@@H]43)[C@H](c3ccc4ccccc4c3O)[C@]2(c2ccc(Cl)cc2)C(=O)N1Nc1ncc(C(F)(F)F)cc1Cl. The highest BCUT2D eigenvalue weighted by molar-refractivity contribution is 6.33. The fraction of sp³-hybridized carbons (Fsp3) is 0.214. The number of nitro groups is 1. The molecular formula is C42H28Cl2F3N5O7. The van der Waals surface area contributed by atoms with Gasteiger partial charge in [0.1, 0.15) is 5.75 Å². The van der Waals surface area contributed by atoms with Crippen molar-refractivity contribution in [3.63, 3.8) is 0 Å². The third-order valence-corrected chi connectivity index (χ3v) is 12.6. The smallest absolute Gasteiger partial charge is 0.417 e. The Bertz CT molecular complexity index is 2710. The van der Waals surface area contributed by atoms with E-state index >= 15 is 4.79 Å². The van der Waals surface area contributed by atoms with Gasteiger partial charge in [-0.3, -0.25) is 34.7 Å². The lowest BCUT2D eigenvalue weighted by molar-refractivity contribution is -0.384. The number of aromatic nitrogens is 1. The summed E-state index contributed by atoms with van der Waals surface area (Å²) in [6, 6.07) is 22.4. The number of carbonyl (C=O) groups is 4. The standard InChI is InChI=1S/C42H28Cl2F3N5O7/c43-23-11-9-21(10-12-23)41-31(38(55)51(40(41)57)49-36-32(44)16-22(19-48-36)42(45,46)47)18-30-27(34(41)29-13-8-20-4-1-2-7-26(20)35(29)53)14-15-28-33(30)39(56)50(37(28)54)24-5-3-6-25(17-24)52(58)59/h1-14,16-17,19,28,30-31,33-34,53H,15,18H2,(H,48,49)/t28-,30+,31-,33-,34+,41+/m0/s1. The van der Waals surface area contributed by atoms with Gasteiger partial charge in [-0.15, -0.1) is 0 Å². The van der Waals surface area contributed by atoms with Crippen molar-refractivity contribution in [3.05, 3.63) is 146 Å². The van der Waals surface area contributed by atoms with Gasteiger partial charge in [0.25, 0.3) is 17.5 Å². The molecule has 0 bridgehead atoms. The number of hydrazine groups is 1. The molecule has 17 heteroatoms.